The molecule has 4 aliphatic rings. The van der Waals surface area contributed by atoms with Crippen LogP contribution in [0.1, 0.15) is 68.7 Å². The predicted molar refractivity (Wildman–Crippen MR) is 244 cm³/mol. The van der Waals surface area contributed by atoms with Crippen molar-refractivity contribution in [2.45, 2.75) is 82.5 Å². The van der Waals surface area contributed by atoms with Gasteiger partial charge in [-0.15, -0.1) is 10.2 Å². The summed E-state index contributed by atoms with van der Waals surface area (Å²) in [5, 5.41) is 16.4. The average Bonchev–Trinajstić information content (AvgIpc) is 4.21. The lowest BCUT2D eigenvalue weighted by molar-refractivity contribution is -0.152. The van der Waals surface area contributed by atoms with E-state index >= 15 is 0 Å². The number of esters is 1. The van der Waals surface area contributed by atoms with Gasteiger partial charge in [0.15, 0.2) is 10.8 Å². The molecule has 69 heavy (non-hydrogen) atoms. The molecule has 2 saturated carbocycles. The van der Waals surface area contributed by atoms with Crippen LogP contribution in [-0.2, 0) is 61.9 Å². The zero-order valence-electron chi connectivity index (χ0n) is 38.0. The number of nitrogens with one attached hydrogen (secondary N) is 3. The lowest BCUT2D eigenvalue weighted by atomic mass is 9.83. The Morgan fingerprint density at radius 2 is 1.14 bits per heavy atom. The molecule has 2 aromatic carbocycles. The number of benzene rings is 2. The summed E-state index contributed by atoms with van der Waals surface area (Å²) in [5.74, 6) is -3.37. The second-order valence-corrected chi connectivity index (χ2v) is 17.1. The SMILES string of the molecule is CCOC(=O)C1(C)C(=O)Nc2nc(-c3nn(Cc4ccccc4F)c(=O)n3C)nc(N)c21.Cn1c(-c2nc(N)c3c(n2)NC(=O)C3(C)C(=O)NC2CC2)nn(Cc2ccccc2F)c1=O.NC1CC1. The Kier molecular flexibility index (Phi) is 12.4. The van der Waals surface area contributed by atoms with E-state index in [9.17, 15) is 37.5 Å². The maximum atomic E-state index is 14.0. The molecule has 4 aromatic heterocycles. The van der Waals surface area contributed by atoms with Crippen molar-refractivity contribution in [2.24, 2.45) is 19.8 Å². The number of nitrogen functional groups attached to an aromatic ring is 2. The summed E-state index contributed by atoms with van der Waals surface area (Å²) < 4.78 is 37.6. The second-order valence-electron chi connectivity index (χ2n) is 17.1. The molecule has 6 heterocycles. The monoisotopic (exact) mass is 950 g/mol. The number of amides is 3. The molecule has 2 fully saturated rings. The molecule has 360 valence electrons. The normalized spacial score (nSPS) is 18.7. The number of hydrogen-bond acceptors (Lipinski definition) is 16. The van der Waals surface area contributed by atoms with E-state index in [0.29, 0.717) is 11.6 Å². The summed E-state index contributed by atoms with van der Waals surface area (Å²) in [6, 6.07) is 12.8. The van der Waals surface area contributed by atoms with Crippen LogP contribution in [0.2, 0.25) is 0 Å². The van der Waals surface area contributed by atoms with E-state index in [-0.39, 0.29) is 89.0 Å². The quantitative estimate of drug-likeness (QED) is 0.0824. The number of ether oxygens (including phenoxy) is 1. The summed E-state index contributed by atoms with van der Waals surface area (Å²) in [5.41, 5.74) is 14.1. The first kappa shape index (κ1) is 47.3. The molecule has 23 nitrogen and oxygen atoms in total. The van der Waals surface area contributed by atoms with Gasteiger partial charge in [0, 0.05) is 37.3 Å². The number of fused-ring (bicyclic) bond motifs is 2. The Morgan fingerprint density at radius 3 is 1.55 bits per heavy atom. The maximum absolute atomic E-state index is 14.0. The highest BCUT2D eigenvalue weighted by molar-refractivity contribution is 6.21. The zero-order chi connectivity index (χ0) is 49.7. The van der Waals surface area contributed by atoms with E-state index in [4.69, 9.17) is 21.9 Å². The van der Waals surface area contributed by atoms with Crippen molar-refractivity contribution in [3.05, 3.63) is 103 Å². The number of carbonyl (C=O) groups excluding carboxylic acids is 4. The van der Waals surface area contributed by atoms with E-state index in [1.54, 1.807) is 43.3 Å². The molecular weight excluding hydrogens is 903 g/mol. The van der Waals surface area contributed by atoms with Gasteiger partial charge in [-0.3, -0.25) is 28.3 Å². The van der Waals surface area contributed by atoms with Crippen LogP contribution in [0.5, 0.6) is 0 Å². The number of aromatic nitrogens is 10. The lowest BCUT2D eigenvalue weighted by Crippen LogP contribution is -2.48. The minimum Gasteiger partial charge on any atom is -0.465 e. The van der Waals surface area contributed by atoms with Crippen molar-refractivity contribution >= 4 is 47.0 Å². The van der Waals surface area contributed by atoms with Crippen LogP contribution in [0.3, 0.4) is 0 Å². The molecular formula is C44H48F2N16O7. The second kappa shape index (κ2) is 18.1. The Labute approximate surface area is 390 Å². The highest BCUT2D eigenvalue weighted by Gasteiger charge is 2.54. The minimum absolute atomic E-state index is 0.00900. The first-order chi connectivity index (χ1) is 32.8. The van der Waals surface area contributed by atoms with Crippen LogP contribution in [0, 0.1) is 11.6 Å². The van der Waals surface area contributed by atoms with Crippen LogP contribution in [0.15, 0.2) is 58.1 Å². The molecule has 2 aliphatic carbocycles. The summed E-state index contributed by atoms with van der Waals surface area (Å²) in [7, 11) is 2.93. The van der Waals surface area contributed by atoms with Gasteiger partial charge in [0.1, 0.15) is 34.9 Å². The maximum Gasteiger partial charge on any atom is 0.346 e. The molecule has 2 atom stereocenters. The van der Waals surface area contributed by atoms with E-state index in [1.165, 1.54) is 62.1 Å². The standard InChI is InChI=1S/C21H21FN8O3.C20H20FN7O4.C3H7N/c1-21(18(31)24-11-7-8-11)13-14(23)25-16(26-15(13)27-19(21)32)17-28-30(20(33)29(17)2)9-10-5-3-4-6-12(10)22;1-4-32-18(30)20(2)12-13(22)23-15(24-14(12)25-17(20)29)16-26-28(19(31)27(16)3)9-10-7-5-6-8-11(10)21;4-3-1-2-3/h3-6,11H,7-9H2,1-2H3,(H,24,31)(H3,23,25,26,27,32);5-8H,4,9H2,1-3H3,(H3,22,23,24,25,29);3H,1-2,4H2. The third kappa shape index (κ3) is 8.78. The van der Waals surface area contributed by atoms with Gasteiger partial charge in [-0.1, -0.05) is 36.4 Å². The number of carbonyl (C=O) groups is 4. The van der Waals surface area contributed by atoms with E-state index in [0.717, 1.165) is 22.2 Å². The van der Waals surface area contributed by atoms with Gasteiger partial charge in [0.25, 0.3) is 0 Å². The summed E-state index contributed by atoms with van der Waals surface area (Å²) >= 11 is 0. The zero-order valence-corrected chi connectivity index (χ0v) is 38.0. The van der Waals surface area contributed by atoms with Crippen molar-refractivity contribution in [3.63, 3.8) is 0 Å². The first-order valence-electron chi connectivity index (χ1n) is 21.8. The van der Waals surface area contributed by atoms with Crippen molar-refractivity contribution in [1.29, 1.82) is 0 Å². The van der Waals surface area contributed by atoms with Gasteiger partial charge in [0.05, 0.1) is 30.8 Å². The third-order valence-corrected chi connectivity index (χ3v) is 12.0. The number of hydrogen-bond donors (Lipinski definition) is 6. The van der Waals surface area contributed by atoms with Crippen LogP contribution < -0.4 is 44.5 Å². The number of nitrogens with two attached hydrogens (primary N) is 3. The number of anilines is 4. The summed E-state index contributed by atoms with van der Waals surface area (Å²) in [6.07, 6.45) is 4.26. The fourth-order valence-corrected chi connectivity index (χ4v) is 7.50. The first-order valence-corrected chi connectivity index (χ1v) is 21.8. The topological polar surface area (TPSA) is 323 Å². The van der Waals surface area contributed by atoms with Gasteiger partial charge < -0.3 is 37.9 Å². The van der Waals surface area contributed by atoms with E-state index in [1.807, 2.05) is 0 Å². The van der Waals surface area contributed by atoms with E-state index in [2.05, 4.69) is 46.1 Å². The Bertz CT molecular complexity index is 3190. The van der Waals surface area contributed by atoms with Crippen molar-refractivity contribution in [3.8, 4) is 23.3 Å². The van der Waals surface area contributed by atoms with Crippen molar-refractivity contribution < 1.29 is 32.7 Å². The molecule has 10 rings (SSSR count). The van der Waals surface area contributed by atoms with Gasteiger partial charge >= 0.3 is 17.3 Å². The molecule has 6 aromatic rings. The van der Waals surface area contributed by atoms with Gasteiger partial charge in [-0.25, -0.2) is 47.7 Å². The Morgan fingerprint density at radius 1 is 0.725 bits per heavy atom. The van der Waals surface area contributed by atoms with Gasteiger partial charge in [-0.05, 0) is 58.6 Å². The third-order valence-electron chi connectivity index (χ3n) is 12.0. The molecule has 0 saturated heterocycles. The average molecular weight is 951 g/mol. The molecule has 3 amide bonds. The smallest absolute Gasteiger partial charge is 0.346 e. The largest absolute Gasteiger partial charge is 0.465 e. The molecule has 0 spiro atoms. The van der Waals surface area contributed by atoms with Crippen LogP contribution in [0.4, 0.5) is 32.1 Å². The summed E-state index contributed by atoms with van der Waals surface area (Å²) in [6.45, 7) is 4.37. The number of halogens is 2. The number of nitrogens with zero attached hydrogens (tertiary/aromatic N) is 10. The van der Waals surface area contributed by atoms with E-state index < -0.39 is 57.5 Å². The van der Waals surface area contributed by atoms with Crippen LogP contribution in [-0.4, -0.2) is 91.0 Å². The van der Waals surface area contributed by atoms with Gasteiger partial charge in [-0.2, -0.15) is 0 Å². The lowest BCUT2D eigenvalue weighted by Gasteiger charge is -2.21. The minimum atomic E-state index is -1.70. The summed E-state index contributed by atoms with van der Waals surface area (Å²) in [4.78, 5) is 93.0. The molecule has 0 bridgehead atoms. The fourth-order valence-electron chi connectivity index (χ4n) is 7.50. The fraction of sp³-hybridized carbons (Fsp3) is 0.364. The highest BCUT2D eigenvalue weighted by atomic mass is 19.1. The Balaban J connectivity index is 0.000000172. The Hall–Kier alpha value is -8.22. The van der Waals surface area contributed by atoms with Crippen molar-refractivity contribution in [1.82, 2.24) is 53.9 Å². The number of rotatable bonds is 10. The predicted octanol–water partition coefficient (Wildman–Crippen LogP) is 0.986. The molecule has 2 aliphatic heterocycles. The van der Waals surface area contributed by atoms with Crippen molar-refractivity contribution in [2.75, 3.05) is 28.7 Å². The molecule has 9 N–H and O–H groups in total. The van der Waals surface area contributed by atoms with Gasteiger partial charge in [0.2, 0.25) is 41.0 Å². The molecule has 2 unspecified atom stereocenters. The van der Waals surface area contributed by atoms with Crippen LogP contribution >= 0.6 is 0 Å². The highest BCUT2D eigenvalue weighted by Crippen LogP contribution is 2.43. The van der Waals surface area contributed by atoms with Crippen LogP contribution in [0.25, 0.3) is 23.3 Å². The molecule has 0 radical (unpaired) electrons. The molecule has 25 heteroatoms.